The van der Waals surface area contributed by atoms with Crippen molar-refractivity contribution in [3.63, 3.8) is 0 Å². The number of benzene rings is 6. The Morgan fingerprint density at radius 2 is 1.05 bits per heavy atom. The highest BCUT2D eigenvalue weighted by Crippen LogP contribution is 2.60. The first kappa shape index (κ1) is 21.7. The molecule has 6 aromatic rings. The molecule has 6 aromatic carbocycles. The first-order valence-corrected chi connectivity index (χ1v) is 14.2. The number of fused-ring (bicyclic) bond motifs is 12. The molecule has 0 saturated heterocycles. The second-order valence-electron chi connectivity index (χ2n) is 13.0. The van der Waals surface area contributed by atoms with E-state index in [0.29, 0.717) is 0 Å². The van der Waals surface area contributed by atoms with Crippen LogP contribution >= 0.6 is 0 Å². The van der Waals surface area contributed by atoms with Gasteiger partial charge in [0, 0.05) is 10.8 Å². The van der Waals surface area contributed by atoms with E-state index in [2.05, 4.69) is 126 Å². The van der Waals surface area contributed by atoms with Gasteiger partial charge in [0.15, 0.2) is 0 Å². The van der Waals surface area contributed by atoms with Gasteiger partial charge < -0.3 is 0 Å². The van der Waals surface area contributed by atoms with E-state index in [1.807, 2.05) is 0 Å². The molecule has 0 saturated carbocycles. The SMILES string of the molecule is Cc1cccc2ccc3c(c12)-c1cc2c(cc1C3(C)C)-c1c(cc3c4c(cccc14)-c1ccccc1-3)C2(C)C. The summed E-state index contributed by atoms with van der Waals surface area (Å²) < 4.78 is 0. The Kier molecular flexibility index (Phi) is 3.73. The van der Waals surface area contributed by atoms with Gasteiger partial charge in [-0.1, -0.05) is 100 Å². The quantitative estimate of drug-likeness (QED) is 0.195. The van der Waals surface area contributed by atoms with E-state index in [4.69, 9.17) is 0 Å². The van der Waals surface area contributed by atoms with Gasteiger partial charge in [0.2, 0.25) is 0 Å². The molecule has 39 heavy (non-hydrogen) atoms. The fraction of sp³-hybridized carbons (Fsp3) is 0.179. The summed E-state index contributed by atoms with van der Waals surface area (Å²) >= 11 is 0. The van der Waals surface area contributed by atoms with E-state index < -0.39 is 0 Å². The molecule has 0 bridgehead atoms. The van der Waals surface area contributed by atoms with Crippen LogP contribution in [0, 0.1) is 6.92 Å². The van der Waals surface area contributed by atoms with Gasteiger partial charge in [0.1, 0.15) is 0 Å². The molecule has 3 aliphatic carbocycles. The van der Waals surface area contributed by atoms with Gasteiger partial charge >= 0.3 is 0 Å². The van der Waals surface area contributed by atoms with Crippen molar-refractivity contribution in [1.29, 1.82) is 0 Å². The molecule has 0 aliphatic heterocycles. The van der Waals surface area contributed by atoms with Gasteiger partial charge in [-0.25, -0.2) is 0 Å². The monoisotopic (exact) mass is 498 g/mol. The third kappa shape index (κ3) is 2.39. The summed E-state index contributed by atoms with van der Waals surface area (Å²) in [5, 5.41) is 5.58. The Hall–Kier alpha value is -4.16. The molecule has 0 atom stereocenters. The van der Waals surface area contributed by atoms with Crippen LogP contribution < -0.4 is 0 Å². The lowest BCUT2D eigenvalue weighted by atomic mass is 9.79. The van der Waals surface area contributed by atoms with E-state index in [9.17, 15) is 0 Å². The van der Waals surface area contributed by atoms with E-state index in [1.54, 1.807) is 0 Å². The predicted molar refractivity (Wildman–Crippen MR) is 166 cm³/mol. The third-order valence-electron chi connectivity index (χ3n) is 10.3. The zero-order valence-electron chi connectivity index (χ0n) is 23.2. The smallest absolute Gasteiger partial charge is 0.0159 e. The Morgan fingerprint density at radius 3 is 1.82 bits per heavy atom. The normalized spacial score (nSPS) is 16.2. The maximum Gasteiger partial charge on any atom is 0.0159 e. The Balaban J connectivity index is 1.40. The van der Waals surface area contributed by atoms with Crippen molar-refractivity contribution in [3.8, 4) is 44.5 Å². The molecule has 0 unspecified atom stereocenters. The summed E-state index contributed by atoms with van der Waals surface area (Å²) in [5.74, 6) is 0. The van der Waals surface area contributed by atoms with Crippen molar-refractivity contribution in [2.75, 3.05) is 0 Å². The van der Waals surface area contributed by atoms with E-state index in [1.165, 1.54) is 93.9 Å². The van der Waals surface area contributed by atoms with E-state index >= 15 is 0 Å². The number of rotatable bonds is 0. The van der Waals surface area contributed by atoms with Gasteiger partial charge in [0.05, 0.1) is 0 Å². The Labute approximate surface area is 230 Å². The molecule has 0 aromatic heterocycles. The summed E-state index contributed by atoms with van der Waals surface area (Å²) in [5.41, 5.74) is 18.3. The lowest BCUT2D eigenvalue weighted by molar-refractivity contribution is 0.652. The first-order valence-electron chi connectivity index (χ1n) is 14.2. The Morgan fingerprint density at radius 1 is 0.436 bits per heavy atom. The highest BCUT2D eigenvalue weighted by molar-refractivity contribution is 6.20. The standard InChI is InChI=1S/C39H30/c1-21-10-8-11-22-16-17-30-37(34(21)22)29-20-31-28(19-32(29)38(30,2)3)36-26-15-9-14-25-23-12-6-7-13-24(23)27(35(25)26)18-33(36)39(31,4)5/h6-20H,1-5H3. The van der Waals surface area contributed by atoms with Crippen molar-refractivity contribution in [3.05, 3.63) is 119 Å². The van der Waals surface area contributed by atoms with Crippen molar-refractivity contribution in [2.24, 2.45) is 0 Å². The maximum atomic E-state index is 2.57. The third-order valence-corrected chi connectivity index (χ3v) is 10.3. The number of hydrogen-bond donors (Lipinski definition) is 0. The number of hydrogen-bond acceptors (Lipinski definition) is 0. The molecule has 0 radical (unpaired) electrons. The average Bonchev–Trinajstić information content (AvgIpc) is 3.46. The summed E-state index contributed by atoms with van der Waals surface area (Å²) in [6.07, 6.45) is 0. The van der Waals surface area contributed by atoms with Gasteiger partial charge in [-0.05, 0) is 119 Å². The molecule has 0 spiro atoms. The minimum absolute atomic E-state index is 0.0475. The van der Waals surface area contributed by atoms with Crippen LogP contribution in [0.4, 0.5) is 0 Å². The van der Waals surface area contributed by atoms with Crippen LogP contribution in [0.25, 0.3) is 66.1 Å². The predicted octanol–water partition coefficient (Wildman–Crippen LogP) is 10.6. The minimum atomic E-state index is -0.0789. The lowest BCUT2D eigenvalue weighted by Crippen LogP contribution is -2.17. The summed E-state index contributed by atoms with van der Waals surface area (Å²) in [6.45, 7) is 12.0. The molecule has 0 fully saturated rings. The fourth-order valence-corrected chi connectivity index (χ4v) is 8.36. The molecule has 0 heteroatoms. The van der Waals surface area contributed by atoms with Gasteiger partial charge in [0.25, 0.3) is 0 Å². The van der Waals surface area contributed by atoms with Crippen LogP contribution in [0.1, 0.15) is 55.5 Å². The van der Waals surface area contributed by atoms with Gasteiger partial charge in [-0.3, -0.25) is 0 Å². The molecule has 0 nitrogen and oxygen atoms in total. The molecule has 186 valence electrons. The summed E-state index contributed by atoms with van der Waals surface area (Å²) in [4.78, 5) is 0. The van der Waals surface area contributed by atoms with Crippen molar-refractivity contribution < 1.29 is 0 Å². The van der Waals surface area contributed by atoms with E-state index in [0.717, 1.165) is 0 Å². The molecular weight excluding hydrogens is 468 g/mol. The van der Waals surface area contributed by atoms with Crippen LogP contribution in [0.2, 0.25) is 0 Å². The minimum Gasteiger partial charge on any atom is -0.0616 e. The molecule has 0 N–H and O–H groups in total. The second-order valence-corrected chi connectivity index (χ2v) is 13.0. The van der Waals surface area contributed by atoms with Gasteiger partial charge in [-0.15, -0.1) is 0 Å². The van der Waals surface area contributed by atoms with Crippen molar-refractivity contribution in [2.45, 2.75) is 45.4 Å². The Bertz CT molecular complexity index is 2120. The maximum absolute atomic E-state index is 2.57. The molecule has 9 rings (SSSR count). The largest absolute Gasteiger partial charge is 0.0616 e. The fourth-order valence-electron chi connectivity index (χ4n) is 8.36. The van der Waals surface area contributed by atoms with Gasteiger partial charge in [-0.2, -0.15) is 0 Å². The van der Waals surface area contributed by atoms with Crippen LogP contribution in [0.15, 0.2) is 91.0 Å². The van der Waals surface area contributed by atoms with Crippen LogP contribution in [-0.2, 0) is 10.8 Å². The average molecular weight is 499 g/mol. The highest BCUT2D eigenvalue weighted by Gasteiger charge is 2.43. The highest BCUT2D eigenvalue weighted by atomic mass is 14.5. The topological polar surface area (TPSA) is 0 Å². The lowest BCUT2D eigenvalue weighted by Gasteiger charge is -2.24. The zero-order valence-corrected chi connectivity index (χ0v) is 23.2. The summed E-state index contributed by atoms with van der Waals surface area (Å²) in [7, 11) is 0. The second kappa shape index (κ2) is 6.69. The first-order chi connectivity index (χ1) is 18.8. The van der Waals surface area contributed by atoms with Crippen molar-refractivity contribution >= 4 is 21.5 Å². The summed E-state index contributed by atoms with van der Waals surface area (Å²) in [6, 6.07) is 35.0. The van der Waals surface area contributed by atoms with Crippen LogP contribution in [0.5, 0.6) is 0 Å². The molecule has 0 amide bonds. The van der Waals surface area contributed by atoms with Crippen LogP contribution in [-0.4, -0.2) is 0 Å². The molecule has 3 aliphatic rings. The molecular formula is C39H30. The number of aryl methyl sites for hydroxylation is 1. The molecule has 0 heterocycles. The van der Waals surface area contributed by atoms with E-state index in [-0.39, 0.29) is 10.8 Å². The zero-order chi connectivity index (χ0) is 26.4. The van der Waals surface area contributed by atoms with Crippen LogP contribution in [0.3, 0.4) is 0 Å². The van der Waals surface area contributed by atoms with Crippen molar-refractivity contribution in [1.82, 2.24) is 0 Å².